The third-order valence-electron chi connectivity index (χ3n) is 1.39. The van der Waals surface area contributed by atoms with E-state index in [-0.39, 0.29) is 0 Å². The van der Waals surface area contributed by atoms with Gasteiger partial charge in [0.1, 0.15) is 0 Å². The summed E-state index contributed by atoms with van der Waals surface area (Å²) in [6, 6.07) is 5.58. The minimum Gasteiger partial charge on any atom is -0.324 e. The second-order valence-corrected chi connectivity index (χ2v) is 2.90. The van der Waals surface area contributed by atoms with E-state index in [2.05, 4.69) is 18.1 Å². The second-order valence-electron chi connectivity index (χ2n) is 2.12. The predicted molar refractivity (Wildman–Crippen MR) is 51.1 cm³/mol. The standard InChI is InChI=1S/C7H9ClN2S/c8-4-5-3-6(11)1-2-7(5)10-9/h1-3,10-11H,4,9H2. The Hall–Kier alpha value is -0.380. The van der Waals surface area contributed by atoms with Crippen molar-refractivity contribution in [2.24, 2.45) is 5.84 Å². The SMILES string of the molecule is NNc1ccc(S)cc1CCl. The summed E-state index contributed by atoms with van der Waals surface area (Å²) in [7, 11) is 0. The number of thiol groups is 1. The molecule has 0 radical (unpaired) electrons. The summed E-state index contributed by atoms with van der Waals surface area (Å²) in [6.45, 7) is 0. The average molecular weight is 189 g/mol. The number of alkyl halides is 1. The van der Waals surface area contributed by atoms with E-state index in [4.69, 9.17) is 17.4 Å². The van der Waals surface area contributed by atoms with Gasteiger partial charge in [0, 0.05) is 10.8 Å². The molecule has 0 fully saturated rings. The normalized spacial score (nSPS) is 9.73. The Morgan fingerprint density at radius 1 is 1.55 bits per heavy atom. The third kappa shape index (κ3) is 2.02. The van der Waals surface area contributed by atoms with Crippen molar-refractivity contribution in [3.63, 3.8) is 0 Å². The van der Waals surface area contributed by atoms with Crippen molar-refractivity contribution in [1.29, 1.82) is 0 Å². The number of hydrogen-bond acceptors (Lipinski definition) is 3. The van der Waals surface area contributed by atoms with Gasteiger partial charge in [-0.15, -0.1) is 24.2 Å². The molecule has 0 aliphatic heterocycles. The van der Waals surface area contributed by atoms with Crippen LogP contribution >= 0.6 is 24.2 Å². The lowest BCUT2D eigenvalue weighted by Crippen LogP contribution is -2.08. The van der Waals surface area contributed by atoms with E-state index in [0.29, 0.717) is 5.88 Å². The Bertz CT molecular complexity index is 252. The highest BCUT2D eigenvalue weighted by molar-refractivity contribution is 7.80. The molecule has 60 valence electrons. The Morgan fingerprint density at radius 2 is 2.27 bits per heavy atom. The fraction of sp³-hybridized carbons (Fsp3) is 0.143. The summed E-state index contributed by atoms with van der Waals surface area (Å²) in [5.41, 5.74) is 4.36. The third-order valence-corrected chi connectivity index (χ3v) is 1.95. The van der Waals surface area contributed by atoms with E-state index in [1.54, 1.807) is 0 Å². The Kier molecular flexibility index (Phi) is 3.05. The van der Waals surface area contributed by atoms with Crippen LogP contribution in [0.25, 0.3) is 0 Å². The number of nitrogen functional groups attached to an aromatic ring is 1. The molecular weight excluding hydrogens is 180 g/mol. The molecule has 0 saturated heterocycles. The van der Waals surface area contributed by atoms with Crippen molar-refractivity contribution in [2.45, 2.75) is 10.8 Å². The molecule has 1 aromatic rings. The summed E-state index contributed by atoms with van der Waals surface area (Å²) < 4.78 is 0. The number of halogens is 1. The first-order valence-corrected chi connectivity index (χ1v) is 4.10. The lowest BCUT2D eigenvalue weighted by atomic mass is 10.2. The van der Waals surface area contributed by atoms with Crippen LogP contribution < -0.4 is 11.3 Å². The molecule has 0 aromatic heterocycles. The lowest BCUT2D eigenvalue weighted by Gasteiger charge is -2.05. The van der Waals surface area contributed by atoms with Crippen molar-refractivity contribution >= 4 is 29.9 Å². The molecule has 0 aliphatic carbocycles. The van der Waals surface area contributed by atoms with Crippen molar-refractivity contribution in [3.05, 3.63) is 23.8 Å². The van der Waals surface area contributed by atoms with E-state index < -0.39 is 0 Å². The number of hydrazine groups is 1. The van der Waals surface area contributed by atoms with Gasteiger partial charge in [0.25, 0.3) is 0 Å². The molecule has 0 unspecified atom stereocenters. The molecular formula is C7H9ClN2S. The second kappa shape index (κ2) is 3.85. The van der Waals surface area contributed by atoms with Crippen LogP contribution in [0.2, 0.25) is 0 Å². The van der Waals surface area contributed by atoms with E-state index >= 15 is 0 Å². The highest BCUT2D eigenvalue weighted by atomic mass is 35.5. The number of hydrogen-bond donors (Lipinski definition) is 3. The Morgan fingerprint density at radius 3 is 2.82 bits per heavy atom. The first-order valence-electron chi connectivity index (χ1n) is 3.12. The van der Waals surface area contributed by atoms with Gasteiger partial charge in [-0.2, -0.15) is 0 Å². The maximum absolute atomic E-state index is 5.65. The first-order chi connectivity index (χ1) is 5.27. The average Bonchev–Trinajstić information content (AvgIpc) is 2.04. The lowest BCUT2D eigenvalue weighted by molar-refractivity contribution is 1.26. The van der Waals surface area contributed by atoms with Gasteiger partial charge < -0.3 is 5.43 Å². The van der Waals surface area contributed by atoms with Gasteiger partial charge in [0.2, 0.25) is 0 Å². The summed E-state index contributed by atoms with van der Waals surface area (Å²) in [5, 5.41) is 0. The zero-order valence-electron chi connectivity index (χ0n) is 5.84. The highest BCUT2D eigenvalue weighted by Crippen LogP contribution is 2.20. The fourth-order valence-electron chi connectivity index (χ4n) is 0.831. The molecule has 0 atom stereocenters. The van der Waals surface area contributed by atoms with Crippen LogP contribution in [0.5, 0.6) is 0 Å². The molecule has 11 heavy (non-hydrogen) atoms. The fourth-order valence-corrected chi connectivity index (χ4v) is 1.28. The molecule has 0 aliphatic rings. The minimum absolute atomic E-state index is 0.438. The van der Waals surface area contributed by atoms with Gasteiger partial charge in [-0.05, 0) is 23.8 Å². The highest BCUT2D eigenvalue weighted by Gasteiger charge is 1.98. The Labute approximate surface area is 76.1 Å². The van der Waals surface area contributed by atoms with E-state index in [1.165, 1.54) is 0 Å². The largest absolute Gasteiger partial charge is 0.324 e. The van der Waals surface area contributed by atoms with Crippen LogP contribution in [0.15, 0.2) is 23.1 Å². The van der Waals surface area contributed by atoms with Crippen molar-refractivity contribution in [3.8, 4) is 0 Å². The van der Waals surface area contributed by atoms with Crippen LogP contribution in [0.1, 0.15) is 5.56 Å². The monoisotopic (exact) mass is 188 g/mol. The number of rotatable bonds is 2. The van der Waals surface area contributed by atoms with Gasteiger partial charge in [-0.1, -0.05) is 0 Å². The molecule has 0 bridgehead atoms. The van der Waals surface area contributed by atoms with Gasteiger partial charge in [-0.25, -0.2) is 0 Å². The summed E-state index contributed by atoms with van der Waals surface area (Å²) in [6.07, 6.45) is 0. The molecule has 1 aromatic carbocycles. The van der Waals surface area contributed by atoms with E-state index in [9.17, 15) is 0 Å². The van der Waals surface area contributed by atoms with Crippen LogP contribution in [0.4, 0.5) is 5.69 Å². The van der Waals surface area contributed by atoms with Crippen molar-refractivity contribution in [2.75, 3.05) is 5.43 Å². The van der Waals surface area contributed by atoms with Crippen LogP contribution in [-0.2, 0) is 5.88 Å². The number of nitrogens with one attached hydrogen (secondary N) is 1. The molecule has 4 heteroatoms. The van der Waals surface area contributed by atoms with Gasteiger partial charge in [0.05, 0.1) is 5.69 Å². The Balaban J connectivity index is 3.06. The van der Waals surface area contributed by atoms with Gasteiger partial charge >= 0.3 is 0 Å². The molecule has 0 spiro atoms. The van der Waals surface area contributed by atoms with Gasteiger partial charge in [-0.3, -0.25) is 5.84 Å². The molecule has 3 N–H and O–H groups in total. The minimum atomic E-state index is 0.438. The maximum atomic E-state index is 5.65. The van der Waals surface area contributed by atoms with E-state index in [0.717, 1.165) is 16.1 Å². The topological polar surface area (TPSA) is 38.0 Å². The van der Waals surface area contributed by atoms with Crippen molar-refractivity contribution < 1.29 is 0 Å². The molecule has 1 rings (SSSR count). The predicted octanol–water partition coefficient (Wildman–Crippen LogP) is 2.00. The van der Waals surface area contributed by atoms with Crippen LogP contribution in [0.3, 0.4) is 0 Å². The zero-order chi connectivity index (χ0) is 8.27. The van der Waals surface area contributed by atoms with Crippen molar-refractivity contribution in [1.82, 2.24) is 0 Å². The molecule has 2 nitrogen and oxygen atoms in total. The summed E-state index contributed by atoms with van der Waals surface area (Å²) >= 11 is 9.82. The van der Waals surface area contributed by atoms with E-state index in [1.807, 2.05) is 18.2 Å². The number of benzene rings is 1. The number of nitrogens with two attached hydrogens (primary N) is 1. The summed E-state index contributed by atoms with van der Waals surface area (Å²) in [4.78, 5) is 0.889. The number of anilines is 1. The zero-order valence-corrected chi connectivity index (χ0v) is 7.49. The molecule has 0 heterocycles. The maximum Gasteiger partial charge on any atom is 0.0529 e. The molecule has 0 amide bonds. The van der Waals surface area contributed by atoms with Crippen LogP contribution in [0, 0.1) is 0 Å². The quantitative estimate of drug-likeness (QED) is 0.288. The summed E-state index contributed by atoms with van der Waals surface area (Å²) in [5.74, 6) is 5.68. The smallest absolute Gasteiger partial charge is 0.0529 e. The first kappa shape index (κ1) is 8.71. The van der Waals surface area contributed by atoms with Gasteiger partial charge in [0.15, 0.2) is 0 Å². The molecule has 0 saturated carbocycles. The van der Waals surface area contributed by atoms with Crippen LogP contribution in [-0.4, -0.2) is 0 Å².